The van der Waals surface area contributed by atoms with E-state index in [0.29, 0.717) is 11.7 Å². The Labute approximate surface area is 108 Å². The second-order valence-electron chi connectivity index (χ2n) is 5.27. The summed E-state index contributed by atoms with van der Waals surface area (Å²) in [5.74, 6) is 0.826. The van der Waals surface area contributed by atoms with Crippen LogP contribution in [0.3, 0.4) is 0 Å². The van der Waals surface area contributed by atoms with Crippen molar-refractivity contribution in [1.29, 1.82) is 0 Å². The van der Waals surface area contributed by atoms with Crippen molar-refractivity contribution in [2.75, 3.05) is 6.54 Å². The van der Waals surface area contributed by atoms with Crippen LogP contribution >= 0.6 is 0 Å². The monoisotopic (exact) mass is 241 g/mol. The number of carbonyl (C=O) groups excluding carboxylic acids is 1. The van der Waals surface area contributed by atoms with Crippen molar-refractivity contribution in [3.05, 3.63) is 47.2 Å². The number of nitrogens with one attached hydrogen (secondary N) is 1. The van der Waals surface area contributed by atoms with Gasteiger partial charge in [0.2, 0.25) is 0 Å². The molecule has 1 aliphatic carbocycles. The van der Waals surface area contributed by atoms with E-state index in [0.717, 1.165) is 44.2 Å². The maximum Gasteiger partial charge on any atom is 0.160 e. The van der Waals surface area contributed by atoms with Gasteiger partial charge in [-0.2, -0.15) is 0 Å². The first kappa shape index (κ1) is 11.5. The van der Waals surface area contributed by atoms with Gasteiger partial charge in [-0.25, -0.2) is 0 Å². The average Bonchev–Trinajstić information content (AvgIpc) is 2.82. The van der Waals surface area contributed by atoms with Crippen LogP contribution in [-0.2, 0) is 11.2 Å². The number of aryl methyl sites for hydroxylation is 1. The van der Waals surface area contributed by atoms with Crippen molar-refractivity contribution in [1.82, 2.24) is 5.32 Å². The number of carbonyl (C=O) groups is 1. The zero-order chi connectivity index (χ0) is 12.4. The Hall–Kier alpha value is -1.57. The highest BCUT2D eigenvalue weighted by molar-refractivity contribution is 5.97. The molecule has 0 bridgehead atoms. The fraction of sp³-hybridized carbons (Fsp3) is 0.438. The Bertz CT molecular complexity index is 475. The Kier molecular flexibility index (Phi) is 3.18. The van der Waals surface area contributed by atoms with Gasteiger partial charge in [0.1, 0.15) is 0 Å². The zero-order valence-electron chi connectivity index (χ0n) is 10.6. The van der Waals surface area contributed by atoms with Crippen LogP contribution in [0.15, 0.2) is 41.6 Å². The minimum absolute atomic E-state index is 0.388. The van der Waals surface area contributed by atoms with Crippen LogP contribution in [0, 0.1) is 5.92 Å². The predicted molar refractivity (Wildman–Crippen MR) is 72.1 cm³/mol. The van der Waals surface area contributed by atoms with Crippen LogP contribution < -0.4 is 5.32 Å². The van der Waals surface area contributed by atoms with E-state index in [1.54, 1.807) is 0 Å². The Morgan fingerprint density at radius 2 is 2.00 bits per heavy atom. The largest absolute Gasteiger partial charge is 0.387 e. The van der Waals surface area contributed by atoms with Crippen molar-refractivity contribution in [2.45, 2.75) is 32.1 Å². The summed E-state index contributed by atoms with van der Waals surface area (Å²) in [5.41, 5.74) is 3.73. The highest BCUT2D eigenvalue weighted by Gasteiger charge is 2.31. The second-order valence-corrected chi connectivity index (χ2v) is 5.27. The molecule has 0 saturated carbocycles. The highest BCUT2D eigenvalue weighted by atomic mass is 16.1. The van der Waals surface area contributed by atoms with Crippen LogP contribution in [0.5, 0.6) is 0 Å². The van der Waals surface area contributed by atoms with E-state index in [9.17, 15) is 4.79 Å². The highest BCUT2D eigenvalue weighted by Crippen LogP contribution is 2.32. The molecule has 18 heavy (non-hydrogen) atoms. The molecule has 2 aliphatic rings. The van der Waals surface area contributed by atoms with Crippen molar-refractivity contribution in [2.24, 2.45) is 5.92 Å². The van der Waals surface area contributed by atoms with Gasteiger partial charge in [0.05, 0.1) is 0 Å². The van der Waals surface area contributed by atoms with Crippen molar-refractivity contribution in [3.63, 3.8) is 0 Å². The Morgan fingerprint density at radius 3 is 2.83 bits per heavy atom. The molecular formula is C16H19NO. The third kappa shape index (κ3) is 2.20. The van der Waals surface area contributed by atoms with Gasteiger partial charge >= 0.3 is 0 Å². The minimum atomic E-state index is 0.388. The SMILES string of the molecule is O=C1CCCC2=C1C(CCc1ccccc1)CN2. The van der Waals surface area contributed by atoms with E-state index in [-0.39, 0.29) is 0 Å². The average molecular weight is 241 g/mol. The third-order valence-corrected chi connectivity index (χ3v) is 4.05. The summed E-state index contributed by atoms with van der Waals surface area (Å²) in [5, 5.41) is 3.43. The number of hydrogen-bond donors (Lipinski definition) is 1. The molecule has 1 aromatic carbocycles. The van der Waals surface area contributed by atoms with Crippen molar-refractivity contribution in [3.8, 4) is 0 Å². The number of allylic oxidation sites excluding steroid dienone is 1. The molecule has 0 saturated heterocycles. The fourth-order valence-electron chi connectivity index (χ4n) is 3.10. The Morgan fingerprint density at radius 1 is 1.17 bits per heavy atom. The lowest BCUT2D eigenvalue weighted by Gasteiger charge is -2.16. The molecule has 0 spiro atoms. The molecule has 1 heterocycles. The van der Waals surface area contributed by atoms with E-state index in [1.807, 2.05) is 6.07 Å². The van der Waals surface area contributed by atoms with Gasteiger partial charge in [0, 0.05) is 30.2 Å². The first-order chi connectivity index (χ1) is 8.84. The maximum atomic E-state index is 12.0. The number of ketones is 1. The van der Waals surface area contributed by atoms with Gasteiger partial charge in [-0.15, -0.1) is 0 Å². The van der Waals surface area contributed by atoms with Crippen molar-refractivity contribution >= 4 is 5.78 Å². The number of Topliss-reactive ketones (excluding diaryl/α,β-unsaturated/α-hetero) is 1. The van der Waals surface area contributed by atoms with E-state index in [4.69, 9.17) is 0 Å². The summed E-state index contributed by atoms with van der Waals surface area (Å²) in [7, 11) is 0. The number of benzene rings is 1. The van der Waals surface area contributed by atoms with Crippen molar-refractivity contribution < 1.29 is 4.79 Å². The summed E-state index contributed by atoms with van der Waals surface area (Å²) in [6.07, 6.45) is 5.00. The lowest BCUT2D eigenvalue weighted by molar-refractivity contribution is -0.116. The summed E-state index contributed by atoms with van der Waals surface area (Å²) >= 11 is 0. The van der Waals surface area contributed by atoms with E-state index >= 15 is 0 Å². The van der Waals surface area contributed by atoms with Gasteiger partial charge in [-0.1, -0.05) is 30.3 Å². The Balaban J connectivity index is 1.67. The normalized spacial score (nSPS) is 22.9. The summed E-state index contributed by atoms with van der Waals surface area (Å²) in [6, 6.07) is 10.5. The molecule has 1 unspecified atom stereocenters. The first-order valence-corrected chi connectivity index (χ1v) is 6.88. The van der Waals surface area contributed by atoms with E-state index in [2.05, 4.69) is 29.6 Å². The topological polar surface area (TPSA) is 29.1 Å². The van der Waals surface area contributed by atoms with Crippen LogP contribution in [0.2, 0.25) is 0 Å². The zero-order valence-corrected chi connectivity index (χ0v) is 10.6. The van der Waals surface area contributed by atoms with Crippen LogP contribution in [0.4, 0.5) is 0 Å². The maximum absolute atomic E-state index is 12.0. The van der Waals surface area contributed by atoms with Crippen LogP contribution in [0.25, 0.3) is 0 Å². The fourth-order valence-corrected chi connectivity index (χ4v) is 3.10. The number of rotatable bonds is 3. The molecule has 0 aromatic heterocycles. The lowest BCUT2D eigenvalue weighted by atomic mass is 9.86. The van der Waals surface area contributed by atoms with E-state index in [1.165, 1.54) is 11.3 Å². The molecule has 2 nitrogen and oxygen atoms in total. The van der Waals surface area contributed by atoms with Crippen LogP contribution in [0.1, 0.15) is 31.2 Å². The molecule has 0 fully saturated rings. The molecule has 1 aliphatic heterocycles. The molecule has 2 heteroatoms. The molecule has 1 N–H and O–H groups in total. The van der Waals surface area contributed by atoms with Gasteiger partial charge in [-0.05, 0) is 31.2 Å². The third-order valence-electron chi connectivity index (χ3n) is 4.05. The van der Waals surface area contributed by atoms with E-state index < -0.39 is 0 Å². The first-order valence-electron chi connectivity index (χ1n) is 6.88. The molecule has 3 rings (SSSR count). The van der Waals surface area contributed by atoms with Gasteiger partial charge in [0.15, 0.2) is 5.78 Å². The molecule has 1 atom stereocenters. The molecule has 94 valence electrons. The quantitative estimate of drug-likeness (QED) is 0.881. The smallest absolute Gasteiger partial charge is 0.160 e. The molecule has 0 radical (unpaired) electrons. The second kappa shape index (κ2) is 4.97. The van der Waals surface area contributed by atoms with Gasteiger partial charge in [-0.3, -0.25) is 4.79 Å². The summed E-state index contributed by atoms with van der Waals surface area (Å²) < 4.78 is 0. The lowest BCUT2D eigenvalue weighted by Crippen LogP contribution is -2.16. The minimum Gasteiger partial charge on any atom is -0.387 e. The molecule has 1 aromatic rings. The molecular weight excluding hydrogens is 222 g/mol. The molecule has 0 amide bonds. The van der Waals surface area contributed by atoms with Gasteiger partial charge in [0.25, 0.3) is 0 Å². The predicted octanol–water partition coefficient (Wildman–Crippen LogP) is 2.85. The standard InChI is InChI=1S/C16H19NO/c18-15-8-4-7-14-16(15)13(11-17-14)10-9-12-5-2-1-3-6-12/h1-3,5-6,13,17H,4,7-11H2. The number of hydrogen-bond acceptors (Lipinski definition) is 2. The van der Waals surface area contributed by atoms with Crippen LogP contribution in [-0.4, -0.2) is 12.3 Å². The van der Waals surface area contributed by atoms with Gasteiger partial charge < -0.3 is 5.32 Å². The summed E-state index contributed by atoms with van der Waals surface area (Å²) in [6.45, 7) is 0.962. The summed E-state index contributed by atoms with van der Waals surface area (Å²) in [4.78, 5) is 12.0.